The van der Waals surface area contributed by atoms with E-state index in [1.54, 1.807) is 18.7 Å². The number of H-pyrrole nitrogens is 1. The number of hydrogen-bond donors (Lipinski definition) is 2. The summed E-state index contributed by atoms with van der Waals surface area (Å²) in [6.07, 6.45) is 1.95. The lowest BCUT2D eigenvalue weighted by atomic mass is 10.2. The number of anilines is 1. The number of imidazole rings is 1. The minimum atomic E-state index is -0.386. The van der Waals surface area contributed by atoms with Gasteiger partial charge in [0.25, 0.3) is 0 Å². The topological polar surface area (TPSA) is 81.0 Å². The summed E-state index contributed by atoms with van der Waals surface area (Å²) in [5, 5.41) is 0. The number of esters is 1. The van der Waals surface area contributed by atoms with Crippen LogP contribution in [-0.4, -0.2) is 28.8 Å². The van der Waals surface area contributed by atoms with Crippen molar-refractivity contribution in [2.45, 2.75) is 11.1 Å². The van der Waals surface area contributed by atoms with Crippen LogP contribution in [-0.2, 0) is 4.74 Å². The molecule has 0 aliphatic heterocycles. The van der Waals surface area contributed by atoms with Crippen LogP contribution in [0.15, 0.2) is 28.5 Å². The standard InChI is InChI=1S/C15H15N3O2S2/c1-3-20-14(19)12-11(16)10(15(21-2)22-12)13-17-8-6-4-5-7-9(8)18-13/h4-7H,3,16H2,1-2H3,(H,17,18). The highest BCUT2D eigenvalue weighted by molar-refractivity contribution is 8.00. The first-order chi connectivity index (χ1) is 10.7. The average Bonchev–Trinajstić information content (AvgIpc) is 3.07. The third-order valence-electron chi connectivity index (χ3n) is 3.19. The summed E-state index contributed by atoms with van der Waals surface area (Å²) in [6.45, 7) is 2.10. The molecule has 0 saturated heterocycles. The highest BCUT2D eigenvalue weighted by Crippen LogP contribution is 2.43. The Balaban J connectivity index is 2.15. The molecule has 0 saturated carbocycles. The van der Waals surface area contributed by atoms with Gasteiger partial charge < -0.3 is 15.5 Å². The van der Waals surface area contributed by atoms with Crippen LogP contribution in [0.5, 0.6) is 0 Å². The highest BCUT2D eigenvalue weighted by atomic mass is 32.2. The van der Waals surface area contributed by atoms with Gasteiger partial charge in [0.05, 0.1) is 33.1 Å². The fourth-order valence-corrected chi connectivity index (χ4v) is 4.05. The van der Waals surface area contributed by atoms with Crippen molar-refractivity contribution in [2.75, 3.05) is 18.6 Å². The van der Waals surface area contributed by atoms with Crippen LogP contribution in [0, 0.1) is 0 Å². The van der Waals surface area contributed by atoms with E-state index in [9.17, 15) is 4.79 Å². The minimum absolute atomic E-state index is 0.324. The number of nitrogens with two attached hydrogens (primary N) is 1. The molecule has 0 spiro atoms. The maximum atomic E-state index is 12.0. The SMILES string of the molecule is CCOC(=O)c1sc(SC)c(-c2nc3ccccc3[nH]2)c1N. The lowest BCUT2D eigenvalue weighted by molar-refractivity contribution is 0.0533. The van der Waals surface area contributed by atoms with E-state index in [2.05, 4.69) is 9.97 Å². The lowest BCUT2D eigenvalue weighted by Crippen LogP contribution is -2.05. The summed E-state index contributed by atoms with van der Waals surface area (Å²) in [7, 11) is 0. The first kappa shape index (κ1) is 14.9. The Morgan fingerprint density at radius 3 is 2.91 bits per heavy atom. The van der Waals surface area contributed by atoms with E-state index in [1.165, 1.54) is 11.3 Å². The summed E-state index contributed by atoms with van der Waals surface area (Å²) in [4.78, 5) is 20.3. The summed E-state index contributed by atoms with van der Waals surface area (Å²) < 4.78 is 6.01. The number of benzene rings is 1. The number of aromatic nitrogens is 2. The maximum absolute atomic E-state index is 12.0. The molecular weight excluding hydrogens is 318 g/mol. The minimum Gasteiger partial charge on any atom is -0.462 e. The van der Waals surface area contributed by atoms with Gasteiger partial charge in [0.1, 0.15) is 10.7 Å². The molecule has 1 aromatic carbocycles. The van der Waals surface area contributed by atoms with Crippen molar-refractivity contribution in [1.82, 2.24) is 9.97 Å². The molecule has 0 amide bonds. The van der Waals surface area contributed by atoms with Gasteiger partial charge in [0.15, 0.2) is 0 Å². The molecule has 0 unspecified atom stereocenters. The van der Waals surface area contributed by atoms with Gasteiger partial charge in [-0.05, 0) is 25.3 Å². The van der Waals surface area contributed by atoms with Crippen LogP contribution < -0.4 is 5.73 Å². The molecule has 0 fully saturated rings. The quantitative estimate of drug-likeness (QED) is 0.561. The van der Waals surface area contributed by atoms with Crippen molar-refractivity contribution in [3.63, 3.8) is 0 Å². The van der Waals surface area contributed by atoms with E-state index in [0.29, 0.717) is 23.0 Å². The second-order valence-corrected chi connectivity index (χ2v) is 6.63. The number of carbonyl (C=O) groups is 1. The average molecular weight is 333 g/mol. The Hall–Kier alpha value is -1.99. The Labute approximate surface area is 135 Å². The van der Waals surface area contributed by atoms with E-state index >= 15 is 0 Å². The van der Waals surface area contributed by atoms with E-state index in [4.69, 9.17) is 10.5 Å². The van der Waals surface area contributed by atoms with Crippen LogP contribution in [0.1, 0.15) is 16.6 Å². The molecule has 0 aliphatic carbocycles. The number of carbonyl (C=O) groups excluding carboxylic acids is 1. The molecule has 0 aliphatic rings. The Kier molecular flexibility index (Phi) is 4.08. The van der Waals surface area contributed by atoms with E-state index in [0.717, 1.165) is 20.8 Å². The van der Waals surface area contributed by atoms with Crippen molar-refractivity contribution in [1.29, 1.82) is 0 Å². The molecule has 2 aromatic heterocycles. The molecular formula is C15H15N3O2S2. The molecule has 3 rings (SSSR count). The zero-order valence-electron chi connectivity index (χ0n) is 12.2. The zero-order valence-corrected chi connectivity index (χ0v) is 13.8. The predicted octanol–water partition coefficient (Wildman–Crippen LogP) is 3.77. The number of aromatic amines is 1. The van der Waals surface area contributed by atoms with Crippen LogP contribution >= 0.6 is 23.1 Å². The first-order valence-corrected chi connectivity index (χ1v) is 8.78. The van der Waals surface area contributed by atoms with Crippen LogP contribution in [0.4, 0.5) is 5.69 Å². The number of fused-ring (bicyclic) bond motifs is 1. The smallest absolute Gasteiger partial charge is 0.350 e. The largest absolute Gasteiger partial charge is 0.462 e. The number of nitrogen functional groups attached to an aromatic ring is 1. The summed E-state index contributed by atoms with van der Waals surface area (Å²) in [6, 6.07) is 7.77. The maximum Gasteiger partial charge on any atom is 0.350 e. The zero-order chi connectivity index (χ0) is 15.7. The first-order valence-electron chi connectivity index (χ1n) is 6.74. The van der Waals surface area contributed by atoms with Gasteiger partial charge in [-0.3, -0.25) is 0 Å². The van der Waals surface area contributed by atoms with Crippen molar-refractivity contribution in [3.8, 4) is 11.4 Å². The molecule has 114 valence electrons. The molecule has 3 N–H and O–H groups in total. The molecule has 2 heterocycles. The molecule has 3 aromatic rings. The Morgan fingerprint density at radius 1 is 1.45 bits per heavy atom. The second-order valence-electron chi connectivity index (χ2n) is 4.53. The van der Waals surface area contributed by atoms with Gasteiger partial charge in [-0.15, -0.1) is 23.1 Å². The fraction of sp³-hybridized carbons (Fsp3) is 0.200. The van der Waals surface area contributed by atoms with Gasteiger partial charge in [-0.2, -0.15) is 0 Å². The van der Waals surface area contributed by atoms with Gasteiger partial charge in [0, 0.05) is 0 Å². The number of thiophene rings is 1. The number of nitrogens with one attached hydrogen (secondary N) is 1. The number of para-hydroxylation sites is 2. The lowest BCUT2D eigenvalue weighted by Gasteiger charge is -2.01. The predicted molar refractivity (Wildman–Crippen MR) is 91.6 cm³/mol. The number of nitrogens with zero attached hydrogens (tertiary/aromatic N) is 1. The number of thioether (sulfide) groups is 1. The number of rotatable bonds is 4. The Morgan fingerprint density at radius 2 is 2.23 bits per heavy atom. The molecule has 0 radical (unpaired) electrons. The normalized spacial score (nSPS) is 11.0. The van der Waals surface area contributed by atoms with Gasteiger partial charge in [-0.1, -0.05) is 12.1 Å². The van der Waals surface area contributed by atoms with Crippen molar-refractivity contribution in [3.05, 3.63) is 29.1 Å². The molecule has 5 nitrogen and oxygen atoms in total. The van der Waals surface area contributed by atoms with E-state index < -0.39 is 0 Å². The number of hydrogen-bond acceptors (Lipinski definition) is 6. The van der Waals surface area contributed by atoms with Gasteiger partial charge in [-0.25, -0.2) is 9.78 Å². The third kappa shape index (κ3) is 2.46. The Bertz CT molecular complexity index is 806. The summed E-state index contributed by atoms with van der Waals surface area (Å²) >= 11 is 2.88. The molecule has 7 heteroatoms. The number of ether oxygens (including phenoxy) is 1. The van der Waals surface area contributed by atoms with Gasteiger partial charge in [0.2, 0.25) is 0 Å². The van der Waals surface area contributed by atoms with Gasteiger partial charge >= 0.3 is 5.97 Å². The summed E-state index contributed by atoms with van der Waals surface area (Å²) in [5.74, 6) is 0.289. The van der Waals surface area contributed by atoms with Crippen molar-refractivity contribution >= 4 is 45.8 Å². The molecule has 22 heavy (non-hydrogen) atoms. The summed E-state index contributed by atoms with van der Waals surface area (Å²) in [5.41, 5.74) is 9.20. The molecule has 0 bridgehead atoms. The van der Waals surface area contributed by atoms with Crippen LogP contribution in [0.2, 0.25) is 0 Å². The highest BCUT2D eigenvalue weighted by Gasteiger charge is 2.24. The monoisotopic (exact) mass is 333 g/mol. The van der Waals surface area contributed by atoms with E-state index in [-0.39, 0.29) is 5.97 Å². The van der Waals surface area contributed by atoms with E-state index in [1.807, 2.05) is 30.5 Å². The van der Waals surface area contributed by atoms with Crippen LogP contribution in [0.25, 0.3) is 22.4 Å². The third-order valence-corrected chi connectivity index (χ3v) is 5.49. The fourth-order valence-electron chi connectivity index (χ4n) is 2.21. The van der Waals surface area contributed by atoms with Crippen LogP contribution in [0.3, 0.4) is 0 Å². The van der Waals surface area contributed by atoms with Crippen molar-refractivity contribution < 1.29 is 9.53 Å². The van der Waals surface area contributed by atoms with Crippen molar-refractivity contribution in [2.24, 2.45) is 0 Å². The molecule has 0 atom stereocenters. The second kappa shape index (κ2) is 6.02.